The monoisotopic (exact) mass is 438 g/mol. The van der Waals surface area contributed by atoms with Gasteiger partial charge in [-0.3, -0.25) is 0 Å². The Hall–Kier alpha value is -0.0631. The van der Waals surface area contributed by atoms with E-state index in [9.17, 15) is 0 Å². The Morgan fingerprint density at radius 3 is 1.24 bits per heavy atom. The van der Waals surface area contributed by atoms with Crippen LogP contribution < -0.4 is 0 Å². The van der Waals surface area contributed by atoms with E-state index < -0.39 is 8.80 Å². The van der Waals surface area contributed by atoms with Crippen molar-refractivity contribution in [2.75, 3.05) is 74.7 Å². The zero-order valence-electron chi connectivity index (χ0n) is 19.4. The second kappa shape index (κ2) is 22.6. The molecule has 176 valence electrons. The summed E-state index contributed by atoms with van der Waals surface area (Å²) >= 11 is 0. The first kappa shape index (κ1) is 28.9. The van der Waals surface area contributed by atoms with Crippen molar-refractivity contribution < 1.29 is 32.2 Å². The van der Waals surface area contributed by atoms with Gasteiger partial charge in [-0.2, -0.15) is 0 Å². The van der Waals surface area contributed by atoms with Gasteiger partial charge in [0.15, 0.2) is 0 Å². The van der Waals surface area contributed by atoms with Crippen LogP contribution in [0.25, 0.3) is 0 Å². The van der Waals surface area contributed by atoms with E-state index in [4.69, 9.17) is 32.2 Å². The molecular weight excluding hydrogens is 392 g/mol. The Balaban J connectivity index is 3.17. The van der Waals surface area contributed by atoms with Gasteiger partial charge in [0, 0.05) is 41.1 Å². The molecule has 0 aliphatic heterocycles. The third-order valence-electron chi connectivity index (χ3n) is 4.88. The predicted octanol–water partition coefficient (Wildman–Crippen LogP) is 4.07. The first-order valence-electron chi connectivity index (χ1n) is 11.1. The van der Waals surface area contributed by atoms with Gasteiger partial charge in [0.05, 0.1) is 39.6 Å². The Labute approximate surface area is 180 Å². The Bertz CT molecular complexity index is 309. The highest BCUT2D eigenvalue weighted by atomic mass is 28.4. The van der Waals surface area contributed by atoms with E-state index in [0.717, 1.165) is 25.5 Å². The lowest BCUT2D eigenvalue weighted by Crippen LogP contribution is -2.42. The zero-order valence-corrected chi connectivity index (χ0v) is 20.4. The van der Waals surface area contributed by atoms with Crippen LogP contribution in [0.2, 0.25) is 6.04 Å². The van der Waals surface area contributed by atoms with Crippen LogP contribution in [0.3, 0.4) is 0 Å². The van der Waals surface area contributed by atoms with Crippen LogP contribution in [-0.2, 0) is 32.2 Å². The molecule has 8 heteroatoms. The minimum absolute atomic E-state index is 0.610. The molecule has 0 spiro atoms. The van der Waals surface area contributed by atoms with Crippen molar-refractivity contribution in [3.05, 3.63) is 0 Å². The van der Waals surface area contributed by atoms with Crippen LogP contribution in [0.4, 0.5) is 0 Å². The van der Waals surface area contributed by atoms with Gasteiger partial charge >= 0.3 is 8.80 Å². The summed E-state index contributed by atoms with van der Waals surface area (Å²) in [6.07, 6.45) is 11.2. The summed E-state index contributed by atoms with van der Waals surface area (Å²) in [4.78, 5) is 0. The molecule has 0 aromatic heterocycles. The third-order valence-corrected chi connectivity index (χ3v) is 7.71. The molecule has 0 heterocycles. The van der Waals surface area contributed by atoms with E-state index in [1.165, 1.54) is 44.9 Å². The van der Waals surface area contributed by atoms with Crippen LogP contribution in [-0.4, -0.2) is 83.5 Å². The first-order valence-corrected chi connectivity index (χ1v) is 13.1. The van der Waals surface area contributed by atoms with E-state index in [-0.39, 0.29) is 0 Å². The molecule has 0 aliphatic rings. The fraction of sp³-hybridized carbons (Fsp3) is 1.00. The summed E-state index contributed by atoms with van der Waals surface area (Å²) in [6, 6.07) is 0.906. The molecule has 0 bridgehead atoms. The van der Waals surface area contributed by atoms with Gasteiger partial charge in [0.25, 0.3) is 0 Å². The highest BCUT2D eigenvalue weighted by Gasteiger charge is 2.36. The topological polar surface area (TPSA) is 64.6 Å². The summed E-state index contributed by atoms with van der Waals surface area (Å²) < 4.78 is 37.6. The van der Waals surface area contributed by atoms with E-state index in [1.54, 1.807) is 28.4 Å². The van der Waals surface area contributed by atoms with Crippen molar-refractivity contribution in [1.29, 1.82) is 0 Å². The van der Waals surface area contributed by atoms with Gasteiger partial charge in [0.2, 0.25) is 0 Å². The quantitative estimate of drug-likeness (QED) is 0.166. The predicted molar refractivity (Wildman–Crippen MR) is 117 cm³/mol. The summed E-state index contributed by atoms with van der Waals surface area (Å²) in [5.41, 5.74) is 0. The zero-order chi connectivity index (χ0) is 21.5. The summed E-state index contributed by atoms with van der Waals surface area (Å²) in [5, 5.41) is 0. The minimum Gasteiger partial charge on any atom is -0.382 e. The lowest BCUT2D eigenvalue weighted by molar-refractivity contribution is 0.00323. The van der Waals surface area contributed by atoms with Gasteiger partial charge in [-0.1, -0.05) is 44.9 Å². The average Bonchev–Trinajstić information content (AvgIpc) is 2.75. The van der Waals surface area contributed by atoms with Crippen LogP contribution in [0, 0.1) is 0 Å². The lowest BCUT2D eigenvalue weighted by atomic mass is 10.1. The minimum atomic E-state index is -2.36. The standard InChI is InChI=1S/C21H46O7Si/c1-22-15-16-27-19-20-28-18-17-26-14-12-10-8-6-5-7-9-11-13-21-29(23-2,24-3)25-4/h5-21H2,1-4H3. The van der Waals surface area contributed by atoms with Crippen molar-refractivity contribution in [2.45, 2.75) is 63.8 Å². The van der Waals surface area contributed by atoms with Gasteiger partial charge in [-0.05, 0) is 12.8 Å². The summed E-state index contributed by atoms with van der Waals surface area (Å²) in [7, 11) is 4.35. The van der Waals surface area contributed by atoms with Gasteiger partial charge in [-0.15, -0.1) is 0 Å². The highest BCUT2D eigenvalue weighted by molar-refractivity contribution is 6.60. The van der Waals surface area contributed by atoms with Crippen molar-refractivity contribution >= 4 is 8.80 Å². The first-order chi connectivity index (χ1) is 14.2. The smallest absolute Gasteiger partial charge is 0.382 e. The molecule has 0 amide bonds. The number of hydrogen-bond acceptors (Lipinski definition) is 7. The van der Waals surface area contributed by atoms with Crippen LogP contribution >= 0.6 is 0 Å². The summed E-state index contributed by atoms with van der Waals surface area (Å²) in [5.74, 6) is 0. The SMILES string of the molecule is COCCOCCOCCOCCCCCCCCCCC[Si](OC)(OC)OC. The molecule has 0 unspecified atom stereocenters. The van der Waals surface area contributed by atoms with Crippen molar-refractivity contribution in [3.8, 4) is 0 Å². The number of unbranched alkanes of at least 4 members (excludes halogenated alkanes) is 8. The van der Waals surface area contributed by atoms with Crippen molar-refractivity contribution in [3.63, 3.8) is 0 Å². The number of methoxy groups -OCH3 is 1. The van der Waals surface area contributed by atoms with Crippen molar-refractivity contribution in [1.82, 2.24) is 0 Å². The van der Waals surface area contributed by atoms with Gasteiger partial charge in [-0.25, -0.2) is 0 Å². The van der Waals surface area contributed by atoms with Crippen LogP contribution in [0.15, 0.2) is 0 Å². The molecule has 0 aliphatic carbocycles. The Morgan fingerprint density at radius 2 is 0.793 bits per heavy atom. The second-order valence-electron chi connectivity index (χ2n) is 7.06. The second-order valence-corrected chi connectivity index (χ2v) is 10.1. The molecule has 0 atom stereocenters. The van der Waals surface area contributed by atoms with Gasteiger partial charge < -0.3 is 32.2 Å². The molecule has 0 aromatic carbocycles. The molecule has 0 radical (unpaired) electrons. The molecule has 0 N–H and O–H groups in total. The summed E-state index contributed by atoms with van der Waals surface area (Å²) in [6.45, 7) is 4.60. The molecule has 7 nitrogen and oxygen atoms in total. The fourth-order valence-electron chi connectivity index (χ4n) is 3.02. The molecule has 0 saturated carbocycles. The third kappa shape index (κ3) is 18.4. The molecule has 0 saturated heterocycles. The maximum Gasteiger partial charge on any atom is 0.500 e. The molecule has 0 fully saturated rings. The van der Waals surface area contributed by atoms with Crippen LogP contribution in [0.1, 0.15) is 57.8 Å². The molecule has 29 heavy (non-hydrogen) atoms. The average molecular weight is 439 g/mol. The Kier molecular flexibility index (Phi) is 22.6. The largest absolute Gasteiger partial charge is 0.500 e. The van der Waals surface area contributed by atoms with E-state index in [1.807, 2.05) is 0 Å². The Morgan fingerprint density at radius 1 is 0.414 bits per heavy atom. The normalized spacial score (nSPS) is 12.0. The van der Waals surface area contributed by atoms with E-state index in [2.05, 4.69) is 0 Å². The van der Waals surface area contributed by atoms with Gasteiger partial charge in [0.1, 0.15) is 0 Å². The number of rotatable bonds is 24. The highest BCUT2D eigenvalue weighted by Crippen LogP contribution is 2.18. The maximum absolute atomic E-state index is 5.59. The lowest BCUT2D eigenvalue weighted by Gasteiger charge is -2.24. The fourth-order valence-corrected chi connectivity index (χ4v) is 4.82. The molecule has 0 rings (SSSR count). The molecular formula is C21H46O7Si. The van der Waals surface area contributed by atoms with Crippen LogP contribution in [0.5, 0.6) is 0 Å². The van der Waals surface area contributed by atoms with Crippen molar-refractivity contribution in [2.24, 2.45) is 0 Å². The van der Waals surface area contributed by atoms with E-state index >= 15 is 0 Å². The number of hydrogen-bond donors (Lipinski definition) is 0. The number of ether oxygens (including phenoxy) is 4. The molecule has 0 aromatic rings. The van der Waals surface area contributed by atoms with E-state index in [0.29, 0.717) is 39.6 Å². The maximum atomic E-state index is 5.59.